The van der Waals surface area contributed by atoms with Gasteiger partial charge in [0, 0.05) is 6.42 Å². The van der Waals surface area contributed by atoms with Crippen molar-refractivity contribution in [2.75, 3.05) is 6.61 Å². The van der Waals surface area contributed by atoms with Crippen LogP contribution in [0.25, 0.3) is 0 Å². The molecule has 0 aliphatic heterocycles. The molecule has 0 saturated heterocycles. The van der Waals surface area contributed by atoms with Crippen LogP contribution in [-0.2, 0) is 6.61 Å². The largest absolute Gasteiger partial charge is 0.493 e. The molecule has 0 spiro atoms. The second-order valence-corrected chi connectivity index (χ2v) is 4.20. The Labute approximate surface area is 96.7 Å². The molecule has 1 unspecified atom stereocenters. The van der Waals surface area contributed by atoms with Crippen LogP contribution in [0.5, 0.6) is 5.75 Å². The van der Waals surface area contributed by atoms with Crippen LogP contribution in [0.15, 0.2) is 12.1 Å². The van der Waals surface area contributed by atoms with Crippen molar-refractivity contribution in [2.24, 2.45) is 0 Å². The van der Waals surface area contributed by atoms with Crippen LogP contribution in [0, 0.1) is 13.8 Å². The topological polar surface area (TPSA) is 49.7 Å². The van der Waals surface area contributed by atoms with Crippen LogP contribution in [0.3, 0.4) is 0 Å². The van der Waals surface area contributed by atoms with Gasteiger partial charge in [-0.15, -0.1) is 0 Å². The van der Waals surface area contributed by atoms with Gasteiger partial charge in [-0.2, -0.15) is 0 Å². The summed E-state index contributed by atoms with van der Waals surface area (Å²) >= 11 is 0. The minimum absolute atomic E-state index is 0.0512. The van der Waals surface area contributed by atoms with Crippen molar-refractivity contribution in [1.82, 2.24) is 0 Å². The monoisotopic (exact) mass is 224 g/mol. The highest BCUT2D eigenvalue weighted by atomic mass is 16.5. The van der Waals surface area contributed by atoms with Gasteiger partial charge in [-0.25, -0.2) is 0 Å². The van der Waals surface area contributed by atoms with E-state index in [0.717, 1.165) is 22.4 Å². The molecule has 3 heteroatoms. The van der Waals surface area contributed by atoms with E-state index >= 15 is 0 Å². The fraction of sp³-hybridized carbons (Fsp3) is 0.538. The van der Waals surface area contributed by atoms with Gasteiger partial charge >= 0.3 is 0 Å². The number of ether oxygens (including phenoxy) is 1. The first kappa shape index (κ1) is 13.0. The first-order valence-electron chi connectivity index (χ1n) is 5.56. The molecule has 0 heterocycles. The Balaban J connectivity index is 2.72. The molecule has 0 fully saturated rings. The summed E-state index contributed by atoms with van der Waals surface area (Å²) in [5.41, 5.74) is 2.95. The third-order valence-corrected chi connectivity index (χ3v) is 2.48. The van der Waals surface area contributed by atoms with Crippen LogP contribution in [-0.4, -0.2) is 22.9 Å². The van der Waals surface area contributed by atoms with Crippen molar-refractivity contribution in [3.8, 4) is 5.75 Å². The Morgan fingerprint density at radius 1 is 1.25 bits per heavy atom. The molecule has 0 bridgehead atoms. The van der Waals surface area contributed by atoms with E-state index in [2.05, 4.69) is 0 Å². The SMILES string of the molecule is Cc1cc(CO)cc(C)c1OCCC(C)O. The van der Waals surface area contributed by atoms with Crippen LogP contribution >= 0.6 is 0 Å². The second-order valence-electron chi connectivity index (χ2n) is 4.20. The molecule has 0 saturated carbocycles. The van der Waals surface area contributed by atoms with E-state index < -0.39 is 0 Å². The summed E-state index contributed by atoms with van der Waals surface area (Å²) in [6.07, 6.45) is 0.290. The molecule has 1 aromatic carbocycles. The van der Waals surface area contributed by atoms with E-state index in [9.17, 15) is 0 Å². The molecule has 0 radical (unpaired) electrons. The number of hydrogen-bond acceptors (Lipinski definition) is 3. The van der Waals surface area contributed by atoms with E-state index in [4.69, 9.17) is 14.9 Å². The van der Waals surface area contributed by atoms with Crippen LogP contribution in [0.1, 0.15) is 30.0 Å². The molecule has 3 nitrogen and oxygen atoms in total. The lowest BCUT2D eigenvalue weighted by atomic mass is 10.1. The zero-order valence-corrected chi connectivity index (χ0v) is 10.2. The summed E-state index contributed by atoms with van der Waals surface area (Å²) in [6, 6.07) is 3.84. The minimum atomic E-state index is -0.336. The summed E-state index contributed by atoms with van der Waals surface area (Å²) < 4.78 is 5.64. The zero-order chi connectivity index (χ0) is 12.1. The average molecular weight is 224 g/mol. The third kappa shape index (κ3) is 3.51. The Kier molecular flexibility index (Phi) is 4.77. The lowest BCUT2D eigenvalue weighted by Crippen LogP contribution is -2.09. The van der Waals surface area contributed by atoms with Gasteiger partial charge < -0.3 is 14.9 Å². The summed E-state index contributed by atoms with van der Waals surface area (Å²) in [6.45, 7) is 6.24. The maximum absolute atomic E-state index is 9.14. The Hall–Kier alpha value is -1.06. The quantitative estimate of drug-likeness (QED) is 0.803. The highest BCUT2D eigenvalue weighted by Gasteiger charge is 2.06. The number of aryl methyl sites for hydroxylation is 2. The summed E-state index contributed by atoms with van der Waals surface area (Å²) in [4.78, 5) is 0. The van der Waals surface area contributed by atoms with E-state index in [1.165, 1.54) is 0 Å². The first-order chi connectivity index (χ1) is 7.54. The van der Waals surface area contributed by atoms with Gasteiger partial charge in [-0.1, -0.05) is 12.1 Å². The second kappa shape index (κ2) is 5.87. The molecule has 2 N–H and O–H groups in total. The molecular weight excluding hydrogens is 204 g/mol. The molecule has 1 aromatic rings. The molecule has 90 valence electrons. The van der Waals surface area contributed by atoms with Crippen molar-refractivity contribution in [3.05, 3.63) is 28.8 Å². The maximum atomic E-state index is 9.14. The lowest BCUT2D eigenvalue weighted by Gasteiger charge is -2.14. The number of hydrogen-bond donors (Lipinski definition) is 2. The van der Waals surface area contributed by atoms with Crippen molar-refractivity contribution >= 4 is 0 Å². The Bertz CT molecular complexity index is 322. The van der Waals surface area contributed by atoms with E-state index in [1.807, 2.05) is 26.0 Å². The van der Waals surface area contributed by atoms with Gasteiger partial charge in [0.2, 0.25) is 0 Å². The molecule has 0 aliphatic carbocycles. The van der Waals surface area contributed by atoms with Gasteiger partial charge in [-0.05, 0) is 37.5 Å². The van der Waals surface area contributed by atoms with E-state index in [-0.39, 0.29) is 12.7 Å². The molecule has 1 atom stereocenters. The minimum Gasteiger partial charge on any atom is -0.493 e. The van der Waals surface area contributed by atoms with Crippen LogP contribution in [0.2, 0.25) is 0 Å². The van der Waals surface area contributed by atoms with Crippen molar-refractivity contribution in [1.29, 1.82) is 0 Å². The summed E-state index contributed by atoms with van der Waals surface area (Å²) in [5.74, 6) is 0.859. The van der Waals surface area contributed by atoms with Crippen LogP contribution in [0.4, 0.5) is 0 Å². The van der Waals surface area contributed by atoms with Gasteiger partial charge in [0.25, 0.3) is 0 Å². The molecule has 1 rings (SSSR count). The Morgan fingerprint density at radius 2 is 1.81 bits per heavy atom. The first-order valence-corrected chi connectivity index (χ1v) is 5.56. The average Bonchev–Trinajstić information content (AvgIpc) is 2.21. The predicted octanol–water partition coefficient (Wildman–Crippen LogP) is 1.95. The molecular formula is C13H20O3. The molecule has 16 heavy (non-hydrogen) atoms. The van der Waals surface area contributed by atoms with Crippen LogP contribution < -0.4 is 4.74 Å². The summed E-state index contributed by atoms with van der Waals surface area (Å²) in [5, 5.41) is 18.2. The Morgan fingerprint density at radius 3 is 2.25 bits per heavy atom. The normalized spacial score (nSPS) is 12.6. The number of rotatable bonds is 5. The zero-order valence-electron chi connectivity index (χ0n) is 10.2. The third-order valence-electron chi connectivity index (χ3n) is 2.48. The van der Waals surface area contributed by atoms with E-state index in [1.54, 1.807) is 6.92 Å². The fourth-order valence-corrected chi connectivity index (χ4v) is 1.69. The lowest BCUT2D eigenvalue weighted by molar-refractivity contribution is 0.155. The predicted molar refractivity (Wildman–Crippen MR) is 63.6 cm³/mol. The van der Waals surface area contributed by atoms with Gasteiger partial charge in [-0.3, -0.25) is 0 Å². The van der Waals surface area contributed by atoms with Gasteiger partial charge in [0.1, 0.15) is 5.75 Å². The smallest absolute Gasteiger partial charge is 0.125 e. The number of benzene rings is 1. The van der Waals surface area contributed by atoms with E-state index in [0.29, 0.717) is 13.0 Å². The van der Waals surface area contributed by atoms with Gasteiger partial charge in [0.15, 0.2) is 0 Å². The van der Waals surface area contributed by atoms with Crippen molar-refractivity contribution in [2.45, 2.75) is 39.9 Å². The number of aliphatic hydroxyl groups is 2. The highest BCUT2D eigenvalue weighted by molar-refractivity contribution is 5.43. The highest BCUT2D eigenvalue weighted by Crippen LogP contribution is 2.25. The van der Waals surface area contributed by atoms with Gasteiger partial charge in [0.05, 0.1) is 19.3 Å². The summed E-state index contributed by atoms with van der Waals surface area (Å²) in [7, 11) is 0. The number of aliphatic hydroxyl groups excluding tert-OH is 2. The fourth-order valence-electron chi connectivity index (χ4n) is 1.69. The standard InChI is InChI=1S/C13H20O3/c1-9-6-12(8-14)7-10(2)13(9)16-5-4-11(3)15/h6-7,11,14-15H,4-5,8H2,1-3H3. The van der Waals surface area contributed by atoms with Crippen molar-refractivity contribution in [3.63, 3.8) is 0 Å². The van der Waals surface area contributed by atoms with Crippen molar-refractivity contribution < 1.29 is 14.9 Å². The molecule has 0 aromatic heterocycles. The maximum Gasteiger partial charge on any atom is 0.125 e. The molecule has 0 aliphatic rings. The molecule has 0 amide bonds.